The summed E-state index contributed by atoms with van der Waals surface area (Å²) >= 11 is 0. The Kier molecular flexibility index (Phi) is 4.66. The topological polar surface area (TPSA) is 67.6 Å². The predicted octanol–water partition coefficient (Wildman–Crippen LogP) is 2.82. The van der Waals surface area contributed by atoms with Gasteiger partial charge in [0.15, 0.2) is 5.76 Å². The second-order valence-corrected chi connectivity index (χ2v) is 6.48. The lowest BCUT2D eigenvalue weighted by molar-refractivity contribution is 0.108. The quantitative estimate of drug-likeness (QED) is 0.929. The van der Waals surface area contributed by atoms with Gasteiger partial charge in [-0.25, -0.2) is 4.79 Å². The molecule has 2 aliphatic heterocycles. The van der Waals surface area contributed by atoms with Crippen molar-refractivity contribution in [1.82, 2.24) is 15.4 Å². The standard InChI is InChI=1S/C16H25N3O3/c1-11(2)13-9-15(22-18-13)14-6-3-7-19(14)16(20)17-10-12-5-4-8-21-12/h9,11-12,14H,3-8,10H2,1-2H3,(H,17,20)/t12-,14+/m0/s1. The van der Waals surface area contributed by atoms with Crippen LogP contribution < -0.4 is 5.32 Å². The van der Waals surface area contributed by atoms with Gasteiger partial charge >= 0.3 is 6.03 Å². The smallest absolute Gasteiger partial charge is 0.318 e. The van der Waals surface area contributed by atoms with Crippen LogP contribution in [0.15, 0.2) is 10.6 Å². The molecular formula is C16H25N3O3. The summed E-state index contributed by atoms with van der Waals surface area (Å²) in [5, 5.41) is 7.11. The van der Waals surface area contributed by atoms with Gasteiger partial charge in [0, 0.05) is 25.8 Å². The second kappa shape index (κ2) is 6.69. The lowest BCUT2D eigenvalue weighted by atomic mass is 10.1. The Bertz CT molecular complexity index is 508. The molecule has 0 aliphatic carbocycles. The highest BCUT2D eigenvalue weighted by molar-refractivity contribution is 5.75. The molecule has 0 unspecified atom stereocenters. The molecule has 6 nitrogen and oxygen atoms in total. The predicted molar refractivity (Wildman–Crippen MR) is 81.6 cm³/mol. The van der Waals surface area contributed by atoms with Crippen LogP contribution in [0.2, 0.25) is 0 Å². The van der Waals surface area contributed by atoms with Crippen LogP contribution in [0.5, 0.6) is 0 Å². The van der Waals surface area contributed by atoms with Crippen molar-refractivity contribution in [3.8, 4) is 0 Å². The summed E-state index contributed by atoms with van der Waals surface area (Å²) in [5.74, 6) is 1.13. The lowest BCUT2D eigenvalue weighted by Crippen LogP contribution is -2.42. The number of aromatic nitrogens is 1. The summed E-state index contributed by atoms with van der Waals surface area (Å²) < 4.78 is 11.0. The van der Waals surface area contributed by atoms with Crippen molar-refractivity contribution >= 4 is 6.03 Å². The van der Waals surface area contributed by atoms with E-state index in [1.165, 1.54) is 0 Å². The highest BCUT2D eigenvalue weighted by Gasteiger charge is 2.33. The van der Waals surface area contributed by atoms with Gasteiger partial charge in [-0.1, -0.05) is 19.0 Å². The monoisotopic (exact) mass is 307 g/mol. The van der Waals surface area contributed by atoms with Gasteiger partial charge in [-0.3, -0.25) is 0 Å². The van der Waals surface area contributed by atoms with E-state index in [0.717, 1.165) is 50.3 Å². The number of likely N-dealkylation sites (tertiary alicyclic amines) is 1. The first-order valence-electron chi connectivity index (χ1n) is 8.27. The van der Waals surface area contributed by atoms with Crippen molar-refractivity contribution in [2.45, 2.75) is 57.6 Å². The fourth-order valence-corrected chi connectivity index (χ4v) is 3.15. The zero-order valence-corrected chi connectivity index (χ0v) is 13.4. The number of carbonyl (C=O) groups is 1. The van der Waals surface area contributed by atoms with Gasteiger partial charge in [0.2, 0.25) is 0 Å². The maximum atomic E-state index is 12.4. The van der Waals surface area contributed by atoms with E-state index in [-0.39, 0.29) is 18.2 Å². The first kappa shape index (κ1) is 15.3. The number of rotatable bonds is 4. The molecule has 2 fully saturated rings. The van der Waals surface area contributed by atoms with Crippen molar-refractivity contribution in [2.75, 3.05) is 19.7 Å². The molecule has 1 N–H and O–H groups in total. The highest BCUT2D eigenvalue weighted by atomic mass is 16.5. The Balaban J connectivity index is 1.60. The molecule has 6 heteroatoms. The third-order valence-electron chi connectivity index (χ3n) is 4.49. The van der Waals surface area contributed by atoms with E-state index < -0.39 is 0 Å². The summed E-state index contributed by atoms with van der Waals surface area (Å²) in [5.41, 5.74) is 0.946. The lowest BCUT2D eigenvalue weighted by Gasteiger charge is -2.23. The minimum absolute atomic E-state index is 0.00416. The molecule has 2 amide bonds. The molecule has 1 aromatic rings. The molecule has 0 bridgehead atoms. The van der Waals surface area contributed by atoms with Crippen molar-refractivity contribution < 1.29 is 14.1 Å². The van der Waals surface area contributed by atoms with E-state index in [1.807, 2.05) is 11.0 Å². The van der Waals surface area contributed by atoms with Crippen molar-refractivity contribution in [2.24, 2.45) is 0 Å². The molecule has 122 valence electrons. The SMILES string of the molecule is CC(C)c1cc([C@H]2CCCN2C(=O)NC[C@@H]2CCCO2)on1. The number of hydrogen-bond donors (Lipinski definition) is 1. The van der Waals surface area contributed by atoms with Crippen molar-refractivity contribution in [3.63, 3.8) is 0 Å². The summed E-state index contributed by atoms with van der Waals surface area (Å²) in [7, 11) is 0. The van der Waals surface area contributed by atoms with Crippen LogP contribution in [0, 0.1) is 0 Å². The zero-order chi connectivity index (χ0) is 15.5. The minimum atomic E-state index is -0.0273. The molecule has 22 heavy (non-hydrogen) atoms. The summed E-state index contributed by atoms with van der Waals surface area (Å²) in [6, 6.07) is 1.96. The molecule has 2 aliphatic rings. The van der Waals surface area contributed by atoms with Crippen molar-refractivity contribution in [3.05, 3.63) is 17.5 Å². The van der Waals surface area contributed by atoms with Crippen LogP contribution in [0.4, 0.5) is 4.79 Å². The zero-order valence-electron chi connectivity index (χ0n) is 13.4. The van der Waals surface area contributed by atoms with E-state index >= 15 is 0 Å². The van der Waals surface area contributed by atoms with Gasteiger partial charge < -0.3 is 19.5 Å². The summed E-state index contributed by atoms with van der Waals surface area (Å²) in [6.45, 7) is 6.34. The normalized spacial score (nSPS) is 25.1. The van der Waals surface area contributed by atoms with Crippen LogP contribution in [0.3, 0.4) is 0 Å². The number of carbonyl (C=O) groups excluding carboxylic acids is 1. The molecule has 3 heterocycles. The maximum Gasteiger partial charge on any atom is 0.318 e. The van der Waals surface area contributed by atoms with E-state index in [1.54, 1.807) is 0 Å². The Morgan fingerprint density at radius 3 is 3.00 bits per heavy atom. The number of amides is 2. The number of urea groups is 1. The summed E-state index contributed by atoms with van der Waals surface area (Å²) in [4.78, 5) is 14.3. The molecule has 2 atom stereocenters. The number of ether oxygens (including phenoxy) is 1. The molecule has 0 radical (unpaired) electrons. The van der Waals surface area contributed by atoms with Crippen LogP contribution in [-0.2, 0) is 4.74 Å². The van der Waals surface area contributed by atoms with E-state index in [0.29, 0.717) is 12.5 Å². The van der Waals surface area contributed by atoms with Crippen LogP contribution in [0.1, 0.15) is 62.9 Å². The van der Waals surface area contributed by atoms with E-state index in [9.17, 15) is 4.79 Å². The molecular weight excluding hydrogens is 282 g/mol. The average molecular weight is 307 g/mol. The van der Waals surface area contributed by atoms with Gasteiger partial charge in [-0.15, -0.1) is 0 Å². The first-order valence-corrected chi connectivity index (χ1v) is 8.27. The van der Waals surface area contributed by atoms with Gasteiger partial charge in [0.1, 0.15) is 0 Å². The number of nitrogens with one attached hydrogen (secondary N) is 1. The third kappa shape index (κ3) is 3.27. The fraction of sp³-hybridized carbons (Fsp3) is 0.750. The van der Waals surface area contributed by atoms with Crippen LogP contribution in [0.25, 0.3) is 0 Å². The van der Waals surface area contributed by atoms with E-state index in [2.05, 4.69) is 24.3 Å². The van der Waals surface area contributed by atoms with Gasteiger partial charge in [-0.05, 0) is 31.6 Å². The Morgan fingerprint density at radius 1 is 1.45 bits per heavy atom. The number of hydrogen-bond acceptors (Lipinski definition) is 4. The maximum absolute atomic E-state index is 12.4. The largest absolute Gasteiger partial charge is 0.376 e. The van der Waals surface area contributed by atoms with Crippen LogP contribution in [-0.4, -0.2) is 41.9 Å². The molecule has 1 aromatic heterocycles. The third-order valence-corrected chi connectivity index (χ3v) is 4.49. The molecule has 0 saturated carbocycles. The molecule has 3 rings (SSSR count). The summed E-state index contributed by atoms with van der Waals surface area (Å²) in [6.07, 6.45) is 4.21. The Labute approximate surface area is 131 Å². The van der Waals surface area contributed by atoms with Gasteiger partial charge in [0.05, 0.1) is 17.8 Å². The van der Waals surface area contributed by atoms with E-state index in [4.69, 9.17) is 9.26 Å². The Hall–Kier alpha value is -1.56. The van der Waals surface area contributed by atoms with Gasteiger partial charge in [0.25, 0.3) is 0 Å². The van der Waals surface area contributed by atoms with Crippen molar-refractivity contribution in [1.29, 1.82) is 0 Å². The number of nitrogens with zero attached hydrogens (tertiary/aromatic N) is 2. The molecule has 0 spiro atoms. The second-order valence-electron chi connectivity index (χ2n) is 6.48. The molecule has 0 aromatic carbocycles. The first-order chi connectivity index (χ1) is 10.6. The Morgan fingerprint density at radius 2 is 2.32 bits per heavy atom. The molecule has 2 saturated heterocycles. The fourth-order valence-electron chi connectivity index (χ4n) is 3.15. The average Bonchev–Trinajstić information content (AvgIpc) is 3.23. The highest BCUT2D eigenvalue weighted by Crippen LogP contribution is 2.33. The minimum Gasteiger partial charge on any atom is -0.376 e. The van der Waals surface area contributed by atoms with Gasteiger partial charge in [-0.2, -0.15) is 0 Å². The van der Waals surface area contributed by atoms with Crippen LogP contribution >= 0.6 is 0 Å².